The highest BCUT2D eigenvalue weighted by atomic mass is 32.2. The van der Waals surface area contributed by atoms with Crippen molar-refractivity contribution in [2.75, 3.05) is 30.8 Å². The third-order valence-electron chi connectivity index (χ3n) is 2.43. The zero-order valence-electron chi connectivity index (χ0n) is 11.3. The minimum atomic E-state index is -3.35. The molecule has 0 heterocycles. The number of amides is 1. The van der Waals surface area contributed by atoms with Crippen LogP contribution in [0.2, 0.25) is 0 Å². The maximum Gasteiger partial charge on any atom is 0.221 e. The standard InChI is InChI=1S/C12H19N3O3S2/c1-14-12(16)5-6-15-20(17,18)8-7-19-11-4-2-3-10(13)9-11/h2-4,9,15H,5-8,13H2,1H3,(H,14,16). The minimum Gasteiger partial charge on any atom is -0.399 e. The van der Waals surface area contributed by atoms with Crippen molar-refractivity contribution in [2.24, 2.45) is 0 Å². The van der Waals surface area contributed by atoms with E-state index in [4.69, 9.17) is 5.73 Å². The third kappa shape index (κ3) is 6.78. The van der Waals surface area contributed by atoms with Gasteiger partial charge in [0.15, 0.2) is 0 Å². The Morgan fingerprint density at radius 1 is 1.40 bits per heavy atom. The third-order valence-corrected chi connectivity index (χ3v) is 5.07. The van der Waals surface area contributed by atoms with E-state index < -0.39 is 10.0 Å². The summed E-state index contributed by atoms with van der Waals surface area (Å²) in [4.78, 5) is 11.9. The Bertz CT molecular complexity index is 547. The van der Waals surface area contributed by atoms with Gasteiger partial charge in [-0.05, 0) is 18.2 Å². The van der Waals surface area contributed by atoms with Crippen LogP contribution in [0.25, 0.3) is 0 Å². The van der Waals surface area contributed by atoms with Gasteiger partial charge in [-0.2, -0.15) is 0 Å². The lowest BCUT2D eigenvalue weighted by Crippen LogP contribution is -2.31. The molecule has 1 rings (SSSR count). The predicted octanol–water partition coefficient (Wildman–Crippen LogP) is 0.416. The van der Waals surface area contributed by atoms with Crippen molar-refractivity contribution in [3.63, 3.8) is 0 Å². The van der Waals surface area contributed by atoms with Crippen molar-refractivity contribution in [1.82, 2.24) is 10.0 Å². The van der Waals surface area contributed by atoms with Crippen LogP contribution in [-0.4, -0.2) is 39.4 Å². The summed E-state index contributed by atoms with van der Waals surface area (Å²) < 4.78 is 25.7. The van der Waals surface area contributed by atoms with Crippen molar-refractivity contribution in [1.29, 1.82) is 0 Å². The Labute approximate surface area is 123 Å². The summed E-state index contributed by atoms with van der Waals surface area (Å²) in [6.07, 6.45) is 0.137. The number of rotatable bonds is 8. The average molecular weight is 317 g/mol. The van der Waals surface area contributed by atoms with E-state index >= 15 is 0 Å². The monoisotopic (exact) mass is 317 g/mol. The lowest BCUT2D eigenvalue weighted by molar-refractivity contribution is -0.120. The van der Waals surface area contributed by atoms with Crippen LogP contribution in [0, 0.1) is 0 Å². The highest BCUT2D eigenvalue weighted by molar-refractivity contribution is 8.00. The first-order chi connectivity index (χ1) is 9.43. The van der Waals surface area contributed by atoms with Crippen LogP contribution in [0.3, 0.4) is 0 Å². The zero-order chi connectivity index (χ0) is 15.0. The van der Waals surface area contributed by atoms with Crippen molar-refractivity contribution in [3.05, 3.63) is 24.3 Å². The van der Waals surface area contributed by atoms with Crippen LogP contribution in [-0.2, 0) is 14.8 Å². The van der Waals surface area contributed by atoms with Crippen LogP contribution in [0.5, 0.6) is 0 Å². The quantitative estimate of drug-likeness (QED) is 0.476. The molecule has 20 heavy (non-hydrogen) atoms. The molecule has 0 bridgehead atoms. The molecule has 1 aromatic rings. The number of sulfonamides is 1. The number of nitrogens with two attached hydrogens (primary N) is 1. The normalized spacial score (nSPS) is 11.2. The largest absolute Gasteiger partial charge is 0.399 e. The highest BCUT2D eigenvalue weighted by Gasteiger charge is 2.10. The van der Waals surface area contributed by atoms with Crippen LogP contribution < -0.4 is 15.8 Å². The second-order valence-electron chi connectivity index (χ2n) is 4.06. The van der Waals surface area contributed by atoms with Crippen LogP contribution in [0.4, 0.5) is 5.69 Å². The molecule has 0 atom stereocenters. The summed E-state index contributed by atoms with van der Waals surface area (Å²) in [7, 11) is -1.83. The van der Waals surface area contributed by atoms with Crippen LogP contribution >= 0.6 is 11.8 Å². The van der Waals surface area contributed by atoms with Crippen molar-refractivity contribution in [2.45, 2.75) is 11.3 Å². The number of hydrogen-bond donors (Lipinski definition) is 3. The van der Waals surface area contributed by atoms with Gasteiger partial charge in [0.25, 0.3) is 0 Å². The van der Waals surface area contributed by atoms with E-state index in [1.54, 1.807) is 12.1 Å². The average Bonchev–Trinajstić information content (AvgIpc) is 2.38. The first kappa shape index (κ1) is 16.8. The topological polar surface area (TPSA) is 101 Å². The molecular weight excluding hydrogens is 298 g/mol. The van der Waals surface area contributed by atoms with E-state index in [1.165, 1.54) is 18.8 Å². The maximum absolute atomic E-state index is 11.7. The fourth-order valence-electron chi connectivity index (χ4n) is 1.39. The predicted molar refractivity (Wildman–Crippen MR) is 82.1 cm³/mol. The lowest BCUT2D eigenvalue weighted by atomic mass is 10.3. The van der Waals surface area contributed by atoms with Gasteiger partial charge in [0.05, 0.1) is 5.75 Å². The van der Waals surface area contributed by atoms with Gasteiger partial charge in [-0.15, -0.1) is 11.8 Å². The molecule has 0 aliphatic heterocycles. The molecule has 0 spiro atoms. The molecule has 4 N–H and O–H groups in total. The Kier molecular flexibility index (Phi) is 6.83. The molecule has 6 nitrogen and oxygen atoms in total. The van der Waals surface area contributed by atoms with Crippen molar-refractivity contribution >= 4 is 33.4 Å². The molecule has 0 aliphatic carbocycles. The van der Waals surface area contributed by atoms with Crippen LogP contribution in [0.1, 0.15) is 6.42 Å². The number of nitrogen functional groups attached to an aromatic ring is 1. The van der Waals surface area contributed by atoms with E-state index in [9.17, 15) is 13.2 Å². The van der Waals surface area contributed by atoms with E-state index in [1.807, 2.05) is 12.1 Å². The number of hydrogen-bond acceptors (Lipinski definition) is 5. The second kappa shape index (κ2) is 8.13. The van der Waals surface area contributed by atoms with Gasteiger partial charge >= 0.3 is 0 Å². The Morgan fingerprint density at radius 2 is 2.15 bits per heavy atom. The van der Waals surface area contributed by atoms with Crippen molar-refractivity contribution in [3.8, 4) is 0 Å². The van der Waals surface area contributed by atoms with Crippen LogP contribution in [0.15, 0.2) is 29.2 Å². The summed E-state index contributed by atoms with van der Waals surface area (Å²) in [5, 5.41) is 2.43. The molecule has 0 radical (unpaired) electrons. The summed E-state index contributed by atoms with van der Waals surface area (Å²) >= 11 is 1.43. The molecule has 0 unspecified atom stereocenters. The van der Waals surface area contributed by atoms with Gasteiger partial charge in [0.2, 0.25) is 15.9 Å². The molecule has 8 heteroatoms. The number of thioether (sulfide) groups is 1. The SMILES string of the molecule is CNC(=O)CCNS(=O)(=O)CCSc1cccc(N)c1. The molecule has 0 aliphatic rings. The van der Waals surface area contributed by atoms with E-state index in [2.05, 4.69) is 10.0 Å². The summed E-state index contributed by atoms with van der Waals surface area (Å²) in [5.74, 6) is 0.237. The summed E-state index contributed by atoms with van der Waals surface area (Å²) in [6, 6.07) is 7.29. The second-order valence-corrected chi connectivity index (χ2v) is 7.15. The summed E-state index contributed by atoms with van der Waals surface area (Å²) in [6.45, 7) is 0.116. The summed E-state index contributed by atoms with van der Waals surface area (Å²) in [5.41, 5.74) is 6.30. The molecule has 0 saturated carbocycles. The molecule has 1 aromatic carbocycles. The lowest BCUT2D eigenvalue weighted by Gasteiger charge is -2.06. The smallest absolute Gasteiger partial charge is 0.221 e. The first-order valence-electron chi connectivity index (χ1n) is 6.09. The molecule has 112 valence electrons. The molecule has 0 fully saturated rings. The number of nitrogens with one attached hydrogen (secondary N) is 2. The van der Waals surface area contributed by atoms with Gasteiger partial charge in [0, 0.05) is 36.3 Å². The van der Waals surface area contributed by atoms with E-state index in [0.29, 0.717) is 11.4 Å². The number of benzene rings is 1. The molecule has 1 amide bonds. The van der Waals surface area contributed by atoms with E-state index in [0.717, 1.165) is 4.90 Å². The zero-order valence-corrected chi connectivity index (χ0v) is 12.9. The maximum atomic E-state index is 11.7. The number of carbonyl (C=O) groups excluding carboxylic acids is 1. The minimum absolute atomic E-state index is 0.000208. The van der Waals surface area contributed by atoms with Crippen molar-refractivity contribution < 1.29 is 13.2 Å². The Morgan fingerprint density at radius 3 is 2.80 bits per heavy atom. The van der Waals surface area contributed by atoms with E-state index in [-0.39, 0.29) is 24.6 Å². The molecule has 0 saturated heterocycles. The fraction of sp³-hybridized carbons (Fsp3) is 0.417. The Hall–Kier alpha value is -1.25. The fourth-order valence-corrected chi connectivity index (χ4v) is 3.79. The molecule has 0 aromatic heterocycles. The first-order valence-corrected chi connectivity index (χ1v) is 8.73. The Balaban J connectivity index is 2.31. The van der Waals surface area contributed by atoms with Gasteiger partial charge in [-0.3, -0.25) is 4.79 Å². The van der Waals surface area contributed by atoms with Gasteiger partial charge in [0.1, 0.15) is 0 Å². The van der Waals surface area contributed by atoms with Gasteiger partial charge in [-0.1, -0.05) is 6.07 Å². The highest BCUT2D eigenvalue weighted by Crippen LogP contribution is 2.20. The molecular formula is C12H19N3O3S2. The van der Waals surface area contributed by atoms with Gasteiger partial charge < -0.3 is 11.1 Å². The number of carbonyl (C=O) groups is 1. The van der Waals surface area contributed by atoms with Gasteiger partial charge in [-0.25, -0.2) is 13.1 Å². The number of anilines is 1.